The number of amides is 1. The molecule has 2 aromatic carbocycles. The number of nitrogens with one attached hydrogen (secondary N) is 2. The van der Waals surface area contributed by atoms with E-state index in [1.165, 1.54) is 24.3 Å². The second-order valence-corrected chi connectivity index (χ2v) is 8.54. The number of halogens is 1. The summed E-state index contributed by atoms with van der Waals surface area (Å²) in [5.41, 5.74) is 1.10. The van der Waals surface area contributed by atoms with E-state index >= 15 is 0 Å². The van der Waals surface area contributed by atoms with E-state index < -0.39 is 53.8 Å². The van der Waals surface area contributed by atoms with Crippen LogP contribution in [0.15, 0.2) is 54.6 Å². The van der Waals surface area contributed by atoms with Crippen LogP contribution in [-0.2, 0) is 4.79 Å². The number of carbonyl (C=O) groups excluding carboxylic acids is 1. The fraction of sp³-hybridized carbons (Fsp3) is 0.409. The van der Waals surface area contributed by atoms with Crippen LogP contribution in [0, 0.1) is 21.8 Å². The van der Waals surface area contributed by atoms with E-state index in [1.54, 1.807) is 30.3 Å². The number of hydrogen-bond acceptors (Lipinski definition) is 6. The Hall–Kier alpha value is -2.82. The van der Waals surface area contributed by atoms with Crippen molar-refractivity contribution in [2.24, 2.45) is 5.92 Å². The molecule has 1 heterocycles. The molecule has 0 aliphatic carbocycles. The molecule has 4 N–H and O–H groups in total. The van der Waals surface area contributed by atoms with E-state index in [2.05, 4.69) is 10.6 Å². The van der Waals surface area contributed by atoms with Crippen molar-refractivity contribution in [2.45, 2.75) is 50.3 Å². The van der Waals surface area contributed by atoms with Crippen LogP contribution >= 0.6 is 0 Å². The van der Waals surface area contributed by atoms with Crippen LogP contribution in [0.4, 0.5) is 4.39 Å². The van der Waals surface area contributed by atoms with Gasteiger partial charge in [0.05, 0.1) is 11.9 Å². The monoisotopic (exact) mass is 443 g/mol. The third-order valence-electron chi connectivity index (χ3n) is 5.78. The fourth-order valence-corrected chi connectivity index (χ4v) is 4.36. The number of benzene rings is 2. The molecule has 3 rings (SSSR count). The highest BCUT2D eigenvalue weighted by Gasteiger charge is 2.54. The van der Waals surface area contributed by atoms with Gasteiger partial charge < -0.3 is 15.4 Å². The first-order chi connectivity index (χ1) is 15.2. The van der Waals surface area contributed by atoms with Gasteiger partial charge in [0.1, 0.15) is 17.9 Å². The summed E-state index contributed by atoms with van der Waals surface area (Å²) >= 11 is 0. The van der Waals surface area contributed by atoms with Crippen molar-refractivity contribution in [3.63, 3.8) is 0 Å². The SMILES string of the molecule is CC(C)CC(NC(=O)C1N[C@H](c2ccccc2)[C@H]([N+](=O)[O-])C1c1ccc(F)cc1)B(O)O. The van der Waals surface area contributed by atoms with E-state index in [1.807, 2.05) is 13.8 Å². The summed E-state index contributed by atoms with van der Waals surface area (Å²) in [6.45, 7) is 3.76. The molecule has 8 nitrogen and oxygen atoms in total. The molecule has 0 aromatic heterocycles. The Labute approximate surface area is 186 Å². The Kier molecular flexibility index (Phi) is 7.60. The van der Waals surface area contributed by atoms with Gasteiger partial charge in [0, 0.05) is 4.92 Å². The Morgan fingerprint density at radius 3 is 2.31 bits per heavy atom. The molecule has 1 saturated heterocycles. The molecule has 1 aliphatic rings. The first kappa shape index (κ1) is 23.8. The quantitative estimate of drug-likeness (QED) is 0.280. The maximum atomic E-state index is 13.5. The molecule has 0 radical (unpaired) electrons. The summed E-state index contributed by atoms with van der Waals surface area (Å²) < 4.78 is 13.5. The van der Waals surface area contributed by atoms with Crippen LogP contribution in [0.5, 0.6) is 0 Å². The molecule has 1 fully saturated rings. The number of rotatable bonds is 8. The minimum Gasteiger partial charge on any atom is -0.426 e. The normalized spacial score (nSPS) is 23.7. The molecule has 3 unspecified atom stereocenters. The maximum Gasteiger partial charge on any atom is 0.475 e. The number of carbonyl (C=O) groups is 1. The minimum absolute atomic E-state index is 0.0788. The topological polar surface area (TPSA) is 125 Å². The van der Waals surface area contributed by atoms with Gasteiger partial charge in [-0.25, -0.2) is 4.39 Å². The van der Waals surface area contributed by atoms with Gasteiger partial charge in [-0.05, 0) is 35.6 Å². The van der Waals surface area contributed by atoms with Crippen LogP contribution in [0.1, 0.15) is 43.4 Å². The lowest BCUT2D eigenvalue weighted by molar-refractivity contribution is -0.527. The first-order valence-corrected chi connectivity index (χ1v) is 10.6. The van der Waals surface area contributed by atoms with Gasteiger partial charge in [-0.1, -0.05) is 56.3 Å². The van der Waals surface area contributed by atoms with Gasteiger partial charge in [-0.2, -0.15) is 0 Å². The zero-order valence-corrected chi connectivity index (χ0v) is 17.9. The third-order valence-corrected chi connectivity index (χ3v) is 5.78. The van der Waals surface area contributed by atoms with Gasteiger partial charge >= 0.3 is 7.12 Å². The van der Waals surface area contributed by atoms with Crippen LogP contribution in [0.25, 0.3) is 0 Å². The van der Waals surface area contributed by atoms with Crippen molar-refractivity contribution < 1.29 is 24.2 Å². The lowest BCUT2D eigenvalue weighted by atomic mass is 9.74. The molecule has 1 aliphatic heterocycles. The largest absolute Gasteiger partial charge is 0.475 e. The van der Waals surface area contributed by atoms with Crippen LogP contribution in [0.3, 0.4) is 0 Å². The maximum absolute atomic E-state index is 13.5. The summed E-state index contributed by atoms with van der Waals surface area (Å²) in [4.78, 5) is 25.0. The van der Waals surface area contributed by atoms with Crippen molar-refractivity contribution in [1.82, 2.24) is 10.6 Å². The Morgan fingerprint density at radius 2 is 1.78 bits per heavy atom. The van der Waals surface area contributed by atoms with E-state index in [9.17, 15) is 29.3 Å². The van der Waals surface area contributed by atoms with Gasteiger partial charge in [-0.15, -0.1) is 0 Å². The second kappa shape index (κ2) is 10.2. The number of hydrogen-bond donors (Lipinski definition) is 4. The molecule has 2 aromatic rings. The number of nitrogens with zero attached hydrogens (tertiary/aromatic N) is 1. The summed E-state index contributed by atoms with van der Waals surface area (Å²) in [6.07, 6.45) is 0.318. The summed E-state index contributed by atoms with van der Waals surface area (Å²) in [5.74, 6) is -2.81. The Balaban J connectivity index is 2.00. The predicted molar refractivity (Wildman–Crippen MR) is 118 cm³/mol. The zero-order chi connectivity index (χ0) is 23.4. The highest BCUT2D eigenvalue weighted by atomic mass is 19.1. The molecule has 0 saturated carbocycles. The molecule has 32 heavy (non-hydrogen) atoms. The number of nitro groups is 1. The smallest absolute Gasteiger partial charge is 0.426 e. The van der Waals surface area contributed by atoms with Crippen molar-refractivity contribution in [3.8, 4) is 0 Å². The Bertz CT molecular complexity index is 929. The molecule has 10 heteroatoms. The minimum atomic E-state index is -1.77. The predicted octanol–water partition coefficient (Wildman–Crippen LogP) is 1.81. The molecular weight excluding hydrogens is 416 g/mol. The molecule has 170 valence electrons. The van der Waals surface area contributed by atoms with E-state index in [4.69, 9.17) is 0 Å². The first-order valence-electron chi connectivity index (χ1n) is 10.6. The van der Waals surface area contributed by atoms with Crippen LogP contribution < -0.4 is 10.6 Å². The van der Waals surface area contributed by atoms with E-state index in [-0.39, 0.29) is 5.92 Å². The van der Waals surface area contributed by atoms with Crippen LogP contribution in [0.2, 0.25) is 0 Å². The lowest BCUT2D eigenvalue weighted by Crippen LogP contribution is -2.53. The van der Waals surface area contributed by atoms with Gasteiger partial charge in [0.2, 0.25) is 11.9 Å². The summed E-state index contributed by atoms with van der Waals surface area (Å²) in [5, 5.41) is 37.3. The fourth-order valence-electron chi connectivity index (χ4n) is 4.36. The standard InChI is InChI=1S/C22H27BFN3O5/c1-13(2)12-17(23(29)30)25-22(28)20-18(14-8-10-16(24)11-9-14)21(27(31)32)19(26-20)15-6-4-3-5-7-15/h3-11,13,17-21,26,29-30H,12H2,1-2H3,(H,25,28)/t17?,18?,19-,20?,21-/m1/s1. The molecular formula is C22H27BFN3O5. The van der Waals surface area contributed by atoms with Crippen molar-refractivity contribution in [3.05, 3.63) is 81.7 Å². The van der Waals surface area contributed by atoms with Crippen molar-refractivity contribution >= 4 is 13.0 Å². The average Bonchev–Trinajstić information content (AvgIpc) is 3.15. The highest BCUT2D eigenvalue weighted by molar-refractivity contribution is 6.43. The van der Waals surface area contributed by atoms with E-state index in [0.717, 1.165) is 0 Å². The van der Waals surface area contributed by atoms with Gasteiger partial charge in [-0.3, -0.25) is 20.2 Å². The van der Waals surface area contributed by atoms with Gasteiger partial charge in [0.25, 0.3) is 0 Å². The second-order valence-electron chi connectivity index (χ2n) is 8.54. The molecule has 1 amide bonds. The van der Waals surface area contributed by atoms with Gasteiger partial charge in [0.15, 0.2) is 0 Å². The molecule has 5 atom stereocenters. The summed E-state index contributed by atoms with van der Waals surface area (Å²) in [6, 6.07) is 11.1. The average molecular weight is 443 g/mol. The van der Waals surface area contributed by atoms with E-state index in [0.29, 0.717) is 17.5 Å². The van der Waals surface area contributed by atoms with Crippen LogP contribution in [-0.4, -0.2) is 46.0 Å². The third kappa shape index (κ3) is 5.32. The van der Waals surface area contributed by atoms with Crippen molar-refractivity contribution in [2.75, 3.05) is 0 Å². The zero-order valence-electron chi connectivity index (χ0n) is 17.9. The highest BCUT2D eigenvalue weighted by Crippen LogP contribution is 2.40. The molecule has 0 bridgehead atoms. The lowest BCUT2D eigenvalue weighted by Gasteiger charge is -2.24. The molecule has 0 spiro atoms. The summed E-state index contributed by atoms with van der Waals surface area (Å²) in [7, 11) is -1.77. The Morgan fingerprint density at radius 1 is 1.16 bits per heavy atom. The van der Waals surface area contributed by atoms with Crippen molar-refractivity contribution in [1.29, 1.82) is 0 Å².